The van der Waals surface area contributed by atoms with Gasteiger partial charge in [-0.1, -0.05) is 99.6 Å². The Morgan fingerprint density at radius 1 is 0.864 bits per heavy atom. The minimum atomic E-state index is -1.08. The molecule has 7 heteroatoms. The number of ether oxygens (including phenoxy) is 2. The number of carbonyl (C=O) groups excluding carboxylic acids is 3. The van der Waals surface area contributed by atoms with Gasteiger partial charge in [0.25, 0.3) is 0 Å². The Morgan fingerprint density at radius 3 is 2.07 bits per heavy atom. The summed E-state index contributed by atoms with van der Waals surface area (Å²) < 4.78 is 10.8. The highest BCUT2D eigenvalue weighted by Crippen LogP contribution is 2.27. The van der Waals surface area contributed by atoms with Gasteiger partial charge in [0.15, 0.2) is 6.10 Å². The molecule has 2 amide bonds. The third kappa shape index (κ3) is 9.52. The molecule has 2 N–H and O–H groups in total. The van der Waals surface area contributed by atoms with Crippen molar-refractivity contribution in [2.75, 3.05) is 13.7 Å². The first-order valence-corrected chi connectivity index (χ1v) is 15.5. The van der Waals surface area contributed by atoms with Crippen LogP contribution in [0.1, 0.15) is 70.2 Å². The predicted octanol–water partition coefficient (Wildman–Crippen LogP) is 6.59. The topological polar surface area (TPSA) is 93.7 Å². The number of nitrogens with one attached hydrogen (secondary N) is 2. The molecule has 3 aromatic rings. The van der Waals surface area contributed by atoms with Gasteiger partial charge in [-0.2, -0.15) is 0 Å². The van der Waals surface area contributed by atoms with Crippen LogP contribution in [-0.2, 0) is 30.3 Å². The molecule has 4 unspecified atom stereocenters. The minimum Gasteiger partial charge on any atom is -0.467 e. The zero-order valence-electron chi connectivity index (χ0n) is 27.2. The highest BCUT2D eigenvalue weighted by Gasteiger charge is 2.39. The van der Waals surface area contributed by atoms with E-state index in [-0.39, 0.29) is 18.6 Å². The minimum absolute atomic E-state index is 0.238. The molecule has 0 saturated heterocycles. The number of benzene rings is 3. The van der Waals surface area contributed by atoms with E-state index >= 15 is 0 Å². The summed E-state index contributed by atoms with van der Waals surface area (Å²) in [6.07, 6.45) is 0.654. The van der Waals surface area contributed by atoms with Gasteiger partial charge >= 0.3 is 5.97 Å². The monoisotopic (exact) mass is 600 g/mol. The Bertz CT molecular complexity index is 1370. The van der Waals surface area contributed by atoms with E-state index in [1.807, 2.05) is 76.2 Å². The van der Waals surface area contributed by atoms with Crippen LogP contribution in [0.25, 0.3) is 11.1 Å². The molecule has 0 aromatic heterocycles. The first-order valence-electron chi connectivity index (χ1n) is 15.5. The smallest absolute Gasteiger partial charge is 0.335 e. The second-order valence-electron chi connectivity index (χ2n) is 12.4. The fourth-order valence-electron chi connectivity index (χ4n) is 5.46. The Hall–Kier alpha value is -3.97. The van der Waals surface area contributed by atoms with Crippen LogP contribution in [0.2, 0.25) is 0 Å². The van der Waals surface area contributed by atoms with Gasteiger partial charge in [-0.3, -0.25) is 9.59 Å². The molecule has 0 aliphatic heterocycles. The second-order valence-corrected chi connectivity index (χ2v) is 12.4. The van der Waals surface area contributed by atoms with Crippen molar-refractivity contribution in [1.82, 2.24) is 10.6 Å². The molecule has 3 aromatic carbocycles. The fourth-order valence-corrected chi connectivity index (χ4v) is 5.46. The summed E-state index contributed by atoms with van der Waals surface area (Å²) in [5, 5.41) is 6.02. The SMILES string of the molecule is CCOC(C(=O)OC)C(CCCc1ccc(-c2ccccc2)c(C)c1)C(=O)NC(C(=O)NC(C)c1ccccc1)C(C)(C)C. The molecule has 3 rings (SSSR count). The number of methoxy groups -OCH3 is 1. The van der Waals surface area contributed by atoms with Crippen LogP contribution >= 0.6 is 0 Å². The molecule has 0 saturated carbocycles. The summed E-state index contributed by atoms with van der Waals surface area (Å²) in [4.78, 5) is 40.3. The lowest BCUT2D eigenvalue weighted by Gasteiger charge is -2.33. The van der Waals surface area contributed by atoms with Gasteiger partial charge in [-0.25, -0.2) is 4.79 Å². The summed E-state index contributed by atoms with van der Waals surface area (Å²) >= 11 is 0. The van der Waals surface area contributed by atoms with Crippen LogP contribution in [0, 0.1) is 18.3 Å². The standard InChI is InChI=1S/C37H48N2O5/c1-8-44-32(36(42)43-7)31(21-15-16-27-22-23-30(25(2)24-27)29-19-13-10-14-20-29)34(40)39-33(37(4,5)6)35(41)38-26(3)28-17-11-9-12-18-28/h9-14,17-20,22-24,26,31-33H,8,15-16,21H2,1-7H3,(H,38,41)(H,39,40). The third-order valence-corrected chi connectivity index (χ3v) is 7.91. The Labute approximate surface area is 262 Å². The molecule has 0 aliphatic carbocycles. The van der Waals surface area contributed by atoms with Crippen molar-refractivity contribution in [2.45, 2.75) is 79.0 Å². The molecule has 7 nitrogen and oxygen atoms in total. The van der Waals surface area contributed by atoms with Crippen molar-refractivity contribution < 1.29 is 23.9 Å². The van der Waals surface area contributed by atoms with Crippen molar-refractivity contribution in [1.29, 1.82) is 0 Å². The van der Waals surface area contributed by atoms with E-state index in [4.69, 9.17) is 9.47 Å². The average molecular weight is 601 g/mol. The van der Waals surface area contributed by atoms with Gasteiger partial charge in [0.2, 0.25) is 11.8 Å². The third-order valence-electron chi connectivity index (χ3n) is 7.91. The average Bonchev–Trinajstić information content (AvgIpc) is 3.00. The number of aryl methyl sites for hydroxylation is 2. The van der Waals surface area contributed by atoms with E-state index in [0.717, 1.165) is 17.5 Å². The Kier molecular flexibility index (Phi) is 12.7. The van der Waals surface area contributed by atoms with Crippen LogP contribution in [0.5, 0.6) is 0 Å². The van der Waals surface area contributed by atoms with E-state index in [0.29, 0.717) is 12.8 Å². The molecule has 0 radical (unpaired) electrons. The summed E-state index contributed by atoms with van der Waals surface area (Å²) in [6.45, 7) is 11.7. The van der Waals surface area contributed by atoms with Crippen molar-refractivity contribution in [3.8, 4) is 11.1 Å². The molecule has 0 bridgehead atoms. The van der Waals surface area contributed by atoms with Gasteiger partial charge in [-0.15, -0.1) is 0 Å². The van der Waals surface area contributed by atoms with Crippen molar-refractivity contribution in [2.24, 2.45) is 11.3 Å². The van der Waals surface area contributed by atoms with E-state index in [1.54, 1.807) is 6.92 Å². The number of hydrogen-bond acceptors (Lipinski definition) is 5. The lowest BCUT2D eigenvalue weighted by Crippen LogP contribution is -2.56. The van der Waals surface area contributed by atoms with Crippen molar-refractivity contribution >= 4 is 17.8 Å². The van der Waals surface area contributed by atoms with Crippen LogP contribution < -0.4 is 10.6 Å². The van der Waals surface area contributed by atoms with E-state index in [9.17, 15) is 14.4 Å². The van der Waals surface area contributed by atoms with Gasteiger partial charge < -0.3 is 20.1 Å². The molecule has 44 heavy (non-hydrogen) atoms. The summed E-state index contributed by atoms with van der Waals surface area (Å²) in [7, 11) is 1.29. The lowest BCUT2D eigenvalue weighted by molar-refractivity contribution is -0.161. The highest BCUT2D eigenvalue weighted by molar-refractivity contribution is 5.92. The number of hydrogen-bond donors (Lipinski definition) is 2. The van der Waals surface area contributed by atoms with Crippen molar-refractivity contribution in [3.63, 3.8) is 0 Å². The summed E-state index contributed by atoms with van der Waals surface area (Å²) in [5.74, 6) is -2.14. The van der Waals surface area contributed by atoms with Crippen LogP contribution in [-0.4, -0.2) is 43.6 Å². The van der Waals surface area contributed by atoms with Gasteiger partial charge in [-0.05, 0) is 73.3 Å². The Morgan fingerprint density at radius 2 is 1.50 bits per heavy atom. The lowest BCUT2D eigenvalue weighted by atomic mass is 9.84. The quantitative estimate of drug-likeness (QED) is 0.204. The molecule has 4 atom stereocenters. The molecular weight excluding hydrogens is 552 g/mol. The maximum Gasteiger partial charge on any atom is 0.335 e. The molecule has 0 spiro atoms. The molecule has 0 heterocycles. The predicted molar refractivity (Wildman–Crippen MR) is 175 cm³/mol. The summed E-state index contributed by atoms with van der Waals surface area (Å²) in [5.41, 5.74) is 5.04. The maximum absolute atomic E-state index is 13.9. The van der Waals surface area contributed by atoms with Crippen LogP contribution in [0.15, 0.2) is 78.9 Å². The van der Waals surface area contributed by atoms with Gasteiger partial charge in [0.1, 0.15) is 6.04 Å². The normalized spacial score (nSPS) is 14.2. The largest absolute Gasteiger partial charge is 0.467 e. The zero-order chi connectivity index (χ0) is 32.3. The molecule has 0 aliphatic rings. The molecule has 0 fully saturated rings. The maximum atomic E-state index is 13.9. The van der Waals surface area contributed by atoms with E-state index in [2.05, 4.69) is 47.9 Å². The van der Waals surface area contributed by atoms with Crippen molar-refractivity contribution in [3.05, 3.63) is 95.6 Å². The number of rotatable bonds is 14. The van der Waals surface area contributed by atoms with Crippen LogP contribution in [0.4, 0.5) is 0 Å². The number of amides is 2. The Balaban J connectivity index is 1.78. The van der Waals surface area contributed by atoms with E-state index < -0.39 is 35.4 Å². The second kappa shape index (κ2) is 16.2. The first-order chi connectivity index (χ1) is 21.0. The summed E-state index contributed by atoms with van der Waals surface area (Å²) in [6, 6.07) is 25.3. The highest BCUT2D eigenvalue weighted by atomic mass is 16.6. The van der Waals surface area contributed by atoms with Crippen LogP contribution in [0.3, 0.4) is 0 Å². The molecular formula is C37H48N2O5. The fraction of sp³-hybridized carbons (Fsp3) is 0.432. The zero-order valence-corrected chi connectivity index (χ0v) is 27.2. The first kappa shape index (κ1) is 34.5. The number of carbonyl (C=O) groups is 3. The van der Waals surface area contributed by atoms with E-state index in [1.165, 1.54) is 23.8 Å². The molecule has 236 valence electrons. The van der Waals surface area contributed by atoms with Gasteiger partial charge in [0.05, 0.1) is 19.1 Å². The number of esters is 1. The van der Waals surface area contributed by atoms with Gasteiger partial charge in [0, 0.05) is 6.61 Å².